The summed E-state index contributed by atoms with van der Waals surface area (Å²) in [5.74, 6) is 0.497. The van der Waals surface area contributed by atoms with Crippen LogP contribution in [0.5, 0.6) is 5.75 Å². The highest BCUT2D eigenvalue weighted by Gasteiger charge is 2.25. The standard InChI is InChI=1S/C18H26ClN3O3/c1-4-7-20-18(24)22-10-8-21(9-11-22)17(23)14-5-6-16(15(19)12-14)25-13(2)3/h5-6,12-13H,4,7-11H2,1-3H3,(H,20,24). The number of hydrogen-bond donors (Lipinski definition) is 1. The molecule has 0 unspecified atom stereocenters. The van der Waals surface area contributed by atoms with E-state index >= 15 is 0 Å². The number of benzene rings is 1. The minimum absolute atomic E-state index is 0.0194. The molecule has 0 radical (unpaired) electrons. The molecular weight excluding hydrogens is 342 g/mol. The van der Waals surface area contributed by atoms with Gasteiger partial charge in [0.15, 0.2) is 0 Å². The van der Waals surface area contributed by atoms with Crippen molar-refractivity contribution in [1.82, 2.24) is 15.1 Å². The molecule has 0 saturated carbocycles. The van der Waals surface area contributed by atoms with Crippen LogP contribution in [-0.4, -0.2) is 60.6 Å². The van der Waals surface area contributed by atoms with E-state index in [2.05, 4.69) is 5.32 Å². The number of nitrogens with one attached hydrogen (secondary N) is 1. The molecule has 138 valence electrons. The van der Waals surface area contributed by atoms with Gasteiger partial charge in [-0.15, -0.1) is 0 Å². The maximum Gasteiger partial charge on any atom is 0.317 e. The van der Waals surface area contributed by atoms with E-state index in [9.17, 15) is 9.59 Å². The molecule has 1 aliphatic rings. The summed E-state index contributed by atoms with van der Waals surface area (Å²) in [7, 11) is 0. The second kappa shape index (κ2) is 8.94. The van der Waals surface area contributed by atoms with E-state index in [-0.39, 0.29) is 18.0 Å². The van der Waals surface area contributed by atoms with Crippen molar-refractivity contribution in [3.05, 3.63) is 28.8 Å². The van der Waals surface area contributed by atoms with Crippen molar-refractivity contribution in [3.63, 3.8) is 0 Å². The van der Waals surface area contributed by atoms with Gasteiger partial charge in [0, 0.05) is 38.3 Å². The number of carbonyl (C=O) groups is 2. The van der Waals surface area contributed by atoms with Gasteiger partial charge in [-0.05, 0) is 38.5 Å². The summed E-state index contributed by atoms with van der Waals surface area (Å²) < 4.78 is 5.59. The van der Waals surface area contributed by atoms with Gasteiger partial charge < -0.3 is 19.9 Å². The maximum atomic E-state index is 12.6. The number of urea groups is 1. The van der Waals surface area contributed by atoms with Crippen LogP contribution in [0.15, 0.2) is 18.2 Å². The molecule has 0 aromatic heterocycles. The summed E-state index contributed by atoms with van der Waals surface area (Å²) >= 11 is 6.21. The molecule has 7 heteroatoms. The minimum atomic E-state index is -0.0772. The van der Waals surface area contributed by atoms with E-state index < -0.39 is 0 Å². The zero-order chi connectivity index (χ0) is 18.4. The Morgan fingerprint density at radius 2 is 1.84 bits per heavy atom. The summed E-state index contributed by atoms with van der Waals surface area (Å²) in [6.07, 6.45) is 0.924. The number of amides is 3. The molecule has 0 aliphatic carbocycles. The highest BCUT2D eigenvalue weighted by Crippen LogP contribution is 2.27. The Balaban J connectivity index is 1.94. The van der Waals surface area contributed by atoms with Gasteiger partial charge in [-0.3, -0.25) is 4.79 Å². The van der Waals surface area contributed by atoms with Gasteiger partial charge in [0.25, 0.3) is 5.91 Å². The predicted molar refractivity (Wildman–Crippen MR) is 98.4 cm³/mol. The zero-order valence-electron chi connectivity index (χ0n) is 15.0. The smallest absolute Gasteiger partial charge is 0.317 e. The summed E-state index contributed by atoms with van der Waals surface area (Å²) in [6.45, 7) is 8.62. The maximum absolute atomic E-state index is 12.6. The predicted octanol–water partition coefficient (Wildman–Crippen LogP) is 3.00. The molecule has 1 aromatic carbocycles. The van der Waals surface area contributed by atoms with Gasteiger partial charge >= 0.3 is 6.03 Å². The van der Waals surface area contributed by atoms with Gasteiger partial charge in [0.05, 0.1) is 11.1 Å². The molecule has 1 N–H and O–H groups in total. The lowest BCUT2D eigenvalue weighted by molar-refractivity contribution is 0.0665. The molecule has 6 nitrogen and oxygen atoms in total. The molecule has 0 atom stereocenters. The average molecular weight is 368 g/mol. The largest absolute Gasteiger partial charge is 0.489 e. The van der Waals surface area contributed by atoms with Gasteiger partial charge in [-0.1, -0.05) is 18.5 Å². The Morgan fingerprint density at radius 1 is 1.20 bits per heavy atom. The molecule has 1 saturated heterocycles. The van der Waals surface area contributed by atoms with Crippen molar-refractivity contribution in [3.8, 4) is 5.75 Å². The van der Waals surface area contributed by atoms with Crippen molar-refractivity contribution < 1.29 is 14.3 Å². The molecule has 1 fully saturated rings. The fraction of sp³-hybridized carbons (Fsp3) is 0.556. The van der Waals surface area contributed by atoms with Crippen LogP contribution in [0.3, 0.4) is 0 Å². The Labute approximate surface area is 154 Å². The van der Waals surface area contributed by atoms with Crippen molar-refractivity contribution in [2.75, 3.05) is 32.7 Å². The molecule has 25 heavy (non-hydrogen) atoms. The van der Waals surface area contributed by atoms with Crippen LogP contribution >= 0.6 is 11.6 Å². The van der Waals surface area contributed by atoms with Gasteiger partial charge in [0.1, 0.15) is 5.75 Å². The van der Waals surface area contributed by atoms with Crippen LogP contribution in [0.2, 0.25) is 5.02 Å². The second-order valence-electron chi connectivity index (χ2n) is 6.32. The number of nitrogens with zero attached hydrogens (tertiary/aromatic N) is 2. The van der Waals surface area contributed by atoms with Gasteiger partial charge in [-0.25, -0.2) is 4.79 Å². The van der Waals surface area contributed by atoms with Crippen LogP contribution in [0.4, 0.5) is 4.79 Å². The topological polar surface area (TPSA) is 61.9 Å². The first kappa shape index (κ1) is 19.4. The van der Waals surface area contributed by atoms with Gasteiger partial charge in [-0.2, -0.15) is 0 Å². The number of hydrogen-bond acceptors (Lipinski definition) is 3. The van der Waals surface area contributed by atoms with Crippen LogP contribution < -0.4 is 10.1 Å². The van der Waals surface area contributed by atoms with Crippen LogP contribution in [0.25, 0.3) is 0 Å². The quantitative estimate of drug-likeness (QED) is 0.870. The van der Waals surface area contributed by atoms with Crippen LogP contribution in [0.1, 0.15) is 37.6 Å². The lowest BCUT2D eigenvalue weighted by atomic mass is 10.1. The van der Waals surface area contributed by atoms with Crippen LogP contribution in [0, 0.1) is 0 Å². The fourth-order valence-electron chi connectivity index (χ4n) is 2.62. The highest BCUT2D eigenvalue weighted by molar-refractivity contribution is 6.32. The summed E-state index contributed by atoms with van der Waals surface area (Å²) in [6, 6.07) is 5.03. The Hall–Kier alpha value is -1.95. The zero-order valence-corrected chi connectivity index (χ0v) is 15.8. The number of carbonyl (C=O) groups excluding carboxylic acids is 2. The van der Waals surface area contributed by atoms with Crippen molar-refractivity contribution in [2.24, 2.45) is 0 Å². The minimum Gasteiger partial charge on any atom is -0.489 e. The Morgan fingerprint density at radius 3 is 2.40 bits per heavy atom. The fourth-order valence-corrected chi connectivity index (χ4v) is 2.85. The van der Waals surface area contributed by atoms with E-state index in [0.717, 1.165) is 6.42 Å². The van der Waals surface area contributed by atoms with Crippen molar-refractivity contribution in [2.45, 2.75) is 33.3 Å². The summed E-state index contributed by atoms with van der Waals surface area (Å²) in [4.78, 5) is 28.1. The lowest BCUT2D eigenvalue weighted by Gasteiger charge is -2.34. The average Bonchev–Trinajstić information content (AvgIpc) is 2.60. The van der Waals surface area contributed by atoms with E-state index in [1.165, 1.54) is 0 Å². The van der Waals surface area contributed by atoms with E-state index in [1.54, 1.807) is 28.0 Å². The second-order valence-corrected chi connectivity index (χ2v) is 6.73. The van der Waals surface area contributed by atoms with Crippen molar-refractivity contribution in [1.29, 1.82) is 0 Å². The molecular formula is C18H26ClN3O3. The Bertz CT molecular complexity index is 614. The lowest BCUT2D eigenvalue weighted by Crippen LogP contribution is -2.53. The Kier molecular flexibility index (Phi) is 6.93. The molecule has 0 spiro atoms. The van der Waals surface area contributed by atoms with Crippen molar-refractivity contribution >= 4 is 23.5 Å². The van der Waals surface area contributed by atoms with E-state index in [4.69, 9.17) is 16.3 Å². The third-order valence-electron chi connectivity index (χ3n) is 3.92. The molecule has 3 amide bonds. The van der Waals surface area contributed by atoms with Gasteiger partial charge in [0.2, 0.25) is 0 Å². The molecule has 1 aliphatic heterocycles. The molecule has 1 aromatic rings. The van der Waals surface area contributed by atoms with Crippen LogP contribution in [-0.2, 0) is 0 Å². The molecule has 1 heterocycles. The summed E-state index contributed by atoms with van der Waals surface area (Å²) in [5, 5.41) is 3.29. The first-order chi connectivity index (χ1) is 11.9. The number of halogens is 1. The molecule has 0 bridgehead atoms. The normalized spacial score (nSPS) is 14.6. The monoisotopic (exact) mass is 367 g/mol. The number of piperazine rings is 1. The summed E-state index contributed by atoms with van der Waals surface area (Å²) in [5.41, 5.74) is 0.532. The highest BCUT2D eigenvalue weighted by atomic mass is 35.5. The first-order valence-corrected chi connectivity index (χ1v) is 9.08. The van der Waals surface area contributed by atoms with E-state index in [0.29, 0.717) is 49.1 Å². The third-order valence-corrected chi connectivity index (χ3v) is 4.22. The SMILES string of the molecule is CCCNC(=O)N1CCN(C(=O)c2ccc(OC(C)C)c(Cl)c2)CC1. The first-order valence-electron chi connectivity index (χ1n) is 8.70. The number of ether oxygens (including phenoxy) is 1. The number of rotatable bonds is 5. The molecule has 2 rings (SSSR count). The third kappa shape index (κ3) is 5.26. The van der Waals surface area contributed by atoms with E-state index in [1.807, 2.05) is 20.8 Å².